The summed E-state index contributed by atoms with van der Waals surface area (Å²) in [5, 5.41) is 6.62. The van der Waals surface area contributed by atoms with Gasteiger partial charge in [-0.05, 0) is 74.1 Å². The number of hydrogen-bond acceptors (Lipinski definition) is 3. The zero-order valence-electron chi connectivity index (χ0n) is 24.0. The number of nitrogens with zero attached hydrogens (tertiary/aromatic N) is 1. The number of H-pyrrole nitrogens is 1. The maximum Gasteiger partial charge on any atom is 0.299 e. The summed E-state index contributed by atoms with van der Waals surface area (Å²) in [6.07, 6.45) is 19.5. The lowest BCUT2D eigenvalue weighted by Gasteiger charge is -2.10. The van der Waals surface area contributed by atoms with Gasteiger partial charge < -0.3 is 15.1 Å². The second-order valence-corrected chi connectivity index (χ2v) is 7.91. The van der Waals surface area contributed by atoms with Crippen molar-refractivity contribution in [3.63, 3.8) is 0 Å². The molecule has 1 heterocycles. The standard InChI is InChI=1S/C25H26N2O.C4H7N.C3H4.C2H6/c1-5-7-8-9-10-18(3)20-11-13-21(14-12-20)22-17-24-23(16-19(22)4)26-25(27-24)28-15-6-2;1-3-4(2)5;1-3-2;1-2/h5-18H,1H2,2-4H3,(H,26,27);3,5H,1H2,2H3;1H,2H3;1-2H3/b8-7-,10-9-,15-6+;;;. The minimum atomic E-state index is 0.352. The third-order valence-corrected chi connectivity index (χ3v) is 4.93. The van der Waals surface area contributed by atoms with Crippen molar-refractivity contribution in [3.8, 4) is 29.5 Å². The fraction of sp³-hybridized carbons (Fsp3) is 0.235. The van der Waals surface area contributed by atoms with Gasteiger partial charge in [0, 0.05) is 5.71 Å². The summed E-state index contributed by atoms with van der Waals surface area (Å²) >= 11 is 0. The molecule has 2 N–H and O–H groups in total. The lowest BCUT2D eigenvalue weighted by atomic mass is 9.95. The number of ether oxygens (including phenoxy) is 1. The Labute approximate surface area is 230 Å². The van der Waals surface area contributed by atoms with Crippen LogP contribution in [0.2, 0.25) is 0 Å². The largest absolute Gasteiger partial charge is 0.434 e. The Kier molecular flexibility index (Phi) is 17.5. The summed E-state index contributed by atoms with van der Waals surface area (Å²) in [5.41, 5.74) is 7.24. The fourth-order valence-electron chi connectivity index (χ4n) is 3.09. The van der Waals surface area contributed by atoms with E-state index in [1.165, 1.54) is 28.3 Å². The lowest BCUT2D eigenvalue weighted by molar-refractivity contribution is 0.447. The molecule has 0 amide bonds. The van der Waals surface area contributed by atoms with Gasteiger partial charge in [-0.2, -0.15) is 4.98 Å². The lowest BCUT2D eigenvalue weighted by Crippen LogP contribution is -1.90. The van der Waals surface area contributed by atoms with Gasteiger partial charge in [-0.25, -0.2) is 0 Å². The molecule has 2 aromatic carbocycles. The molecule has 1 atom stereocenters. The van der Waals surface area contributed by atoms with Crippen molar-refractivity contribution in [1.29, 1.82) is 5.41 Å². The molecule has 0 radical (unpaired) electrons. The maximum absolute atomic E-state index is 6.62. The van der Waals surface area contributed by atoms with Gasteiger partial charge in [-0.3, -0.25) is 0 Å². The predicted octanol–water partition coefficient (Wildman–Crippen LogP) is 9.73. The summed E-state index contributed by atoms with van der Waals surface area (Å²) < 4.78 is 5.45. The van der Waals surface area contributed by atoms with Crippen LogP contribution in [0.25, 0.3) is 22.2 Å². The van der Waals surface area contributed by atoms with Gasteiger partial charge >= 0.3 is 0 Å². The van der Waals surface area contributed by atoms with Gasteiger partial charge in [0.25, 0.3) is 6.01 Å². The number of nitrogens with one attached hydrogen (secondary N) is 2. The monoisotopic (exact) mass is 509 g/mol. The molecule has 1 aromatic heterocycles. The van der Waals surface area contributed by atoms with Crippen molar-refractivity contribution < 1.29 is 4.74 Å². The van der Waals surface area contributed by atoms with E-state index in [1.807, 2.05) is 39.0 Å². The highest BCUT2D eigenvalue weighted by Crippen LogP contribution is 2.30. The van der Waals surface area contributed by atoms with E-state index in [0.29, 0.717) is 17.6 Å². The molecule has 3 aromatic rings. The Bertz CT molecular complexity index is 1270. The molecule has 0 saturated carbocycles. The summed E-state index contributed by atoms with van der Waals surface area (Å²) in [4.78, 5) is 7.72. The molecule has 1 unspecified atom stereocenters. The molecular weight excluding hydrogens is 466 g/mol. The van der Waals surface area contributed by atoms with Crippen LogP contribution in [-0.2, 0) is 0 Å². The SMILES string of the molecule is C#CC.C=C/C=C\C=C/C(C)c1ccc(-c2cc3nc(O/C=C/C)[nH]c3cc2C)cc1.C=CC(C)=N.CC. The normalized spacial score (nSPS) is 10.9. The van der Waals surface area contributed by atoms with E-state index in [0.717, 1.165) is 11.0 Å². The van der Waals surface area contributed by atoms with E-state index in [9.17, 15) is 0 Å². The first-order valence-corrected chi connectivity index (χ1v) is 12.7. The molecule has 3 rings (SSSR count). The van der Waals surface area contributed by atoms with Crippen LogP contribution in [0.15, 0.2) is 98.4 Å². The molecule has 0 saturated heterocycles. The Balaban J connectivity index is 0.00000119. The number of hydrogen-bond donors (Lipinski definition) is 2. The maximum atomic E-state index is 6.62. The van der Waals surface area contributed by atoms with Crippen LogP contribution in [0, 0.1) is 24.7 Å². The van der Waals surface area contributed by atoms with E-state index >= 15 is 0 Å². The average Bonchev–Trinajstić information content (AvgIpc) is 3.32. The first kappa shape index (κ1) is 33.6. The van der Waals surface area contributed by atoms with Gasteiger partial charge in [0.05, 0.1) is 17.3 Å². The molecule has 38 heavy (non-hydrogen) atoms. The van der Waals surface area contributed by atoms with E-state index < -0.39 is 0 Å². The van der Waals surface area contributed by atoms with Gasteiger partial charge in [-0.15, -0.1) is 12.3 Å². The summed E-state index contributed by atoms with van der Waals surface area (Å²) in [5.74, 6) is 2.60. The molecular formula is C34H43N3O. The first-order chi connectivity index (χ1) is 18.3. The molecule has 0 aliphatic rings. The molecule has 0 bridgehead atoms. The molecule has 4 heteroatoms. The second kappa shape index (κ2) is 19.8. The Hall–Kier alpha value is -4.36. The van der Waals surface area contributed by atoms with Crippen LogP contribution in [-0.4, -0.2) is 15.7 Å². The van der Waals surface area contributed by atoms with E-state index in [2.05, 4.69) is 97.9 Å². The topological polar surface area (TPSA) is 61.8 Å². The van der Waals surface area contributed by atoms with Crippen molar-refractivity contribution in [1.82, 2.24) is 9.97 Å². The Morgan fingerprint density at radius 3 is 2.26 bits per heavy atom. The number of terminal acetylenes is 1. The quantitative estimate of drug-likeness (QED) is 0.137. The molecule has 4 nitrogen and oxygen atoms in total. The number of aromatic nitrogens is 2. The summed E-state index contributed by atoms with van der Waals surface area (Å²) in [7, 11) is 0. The van der Waals surface area contributed by atoms with Crippen LogP contribution in [0.4, 0.5) is 0 Å². The zero-order chi connectivity index (χ0) is 28.9. The number of rotatable bonds is 8. The third-order valence-electron chi connectivity index (χ3n) is 4.93. The van der Waals surface area contributed by atoms with Crippen LogP contribution in [0.3, 0.4) is 0 Å². The highest BCUT2D eigenvalue weighted by Gasteiger charge is 2.09. The van der Waals surface area contributed by atoms with Gasteiger partial charge in [0.15, 0.2) is 0 Å². The van der Waals surface area contributed by atoms with E-state index in [4.69, 9.17) is 10.1 Å². The van der Waals surface area contributed by atoms with E-state index in [1.54, 1.807) is 26.2 Å². The molecule has 0 spiro atoms. The minimum Gasteiger partial charge on any atom is -0.434 e. The number of aryl methyl sites for hydroxylation is 1. The molecule has 0 fully saturated rings. The Morgan fingerprint density at radius 2 is 1.74 bits per heavy atom. The molecule has 200 valence electrons. The fourth-order valence-corrected chi connectivity index (χ4v) is 3.09. The summed E-state index contributed by atoms with van der Waals surface area (Å²) in [6, 6.07) is 13.5. The van der Waals surface area contributed by atoms with Crippen LogP contribution >= 0.6 is 0 Å². The first-order valence-electron chi connectivity index (χ1n) is 12.7. The van der Waals surface area contributed by atoms with Gasteiger partial charge in [0.2, 0.25) is 0 Å². The number of fused-ring (bicyclic) bond motifs is 1. The highest BCUT2D eigenvalue weighted by molar-refractivity contribution is 5.89. The van der Waals surface area contributed by atoms with Crippen molar-refractivity contribution >= 4 is 16.7 Å². The zero-order valence-corrected chi connectivity index (χ0v) is 24.0. The third kappa shape index (κ3) is 12.1. The number of imidazole rings is 1. The highest BCUT2D eigenvalue weighted by atomic mass is 16.5. The second-order valence-electron chi connectivity index (χ2n) is 7.91. The van der Waals surface area contributed by atoms with Crippen molar-refractivity contribution in [3.05, 3.63) is 109 Å². The molecule has 0 aliphatic carbocycles. The number of benzene rings is 2. The molecule has 0 aliphatic heterocycles. The van der Waals surface area contributed by atoms with Crippen LogP contribution < -0.4 is 4.74 Å². The average molecular weight is 510 g/mol. The number of aromatic amines is 1. The summed E-state index contributed by atoms with van der Waals surface area (Å²) in [6.45, 7) is 20.6. The predicted molar refractivity (Wildman–Crippen MR) is 168 cm³/mol. The van der Waals surface area contributed by atoms with E-state index in [-0.39, 0.29) is 0 Å². The smallest absolute Gasteiger partial charge is 0.299 e. The van der Waals surface area contributed by atoms with Crippen molar-refractivity contribution in [2.75, 3.05) is 0 Å². The van der Waals surface area contributed by atoms with Crippen molar-refractivity contribution in [2.24, 2.45) is 0 Å². The Morgan fingerprint density at radius 1 is 1.13 bits per heavy atom. The minimum absolute atomic E-state index is 0.352. The van der Waals surface area contributed by atoms with Crippen LogP contribution in [0.1, 0.15) is 58.6 Å². The van der Waals surface area contributed by atoms with Crippen LogP contribution in [0.5, 0.6) is 6.01 Å². The van der Waals surface area contributed by atoms with Crippen molar-refractivity contribution in [2.45, 2.75) is 54.4 Å². The number of allylic oxidation sites excluding steroid dienone is 7. The van der Waals surface area contributed by atoms with Gasteiger partial charge in [-0.1, -0.05) is 94.7 Å². The van der Waals surface area contributed by atoms with Gasteiger partial charge in [0.1, 0.15) is 0 Å².